The second-order valence-corrected chi connectivity index (χ2v) is 8.01. The second kappa shape index (κ2) is 7.37. The molecule has 2 heterocycles. The van der Waals surface area contributed by atoms with Crippen molar-refractivity contribution in [2.45, 2.75) is 71.1 Å². The molecule has 2 aliphatic carbocycles. The first-order valence-electron chi connectivity index (χ1n) is 10.1. The SMILES string of the molecule is CCC1C(=O)N=C(n2nc(C3CC3)cc2NC(=O)CC2CCCC2)N=C1C. The van der Waals surface area contributed by atoms with Crippen molar-refractivity contribution in [2.75, 3.05) is 5.32 Å². The first-order chi connectivity index (χ1) is 13.0. The van der Waals surface area contributed by atoms with E-state index in [4.69, 9.17) is 0 Å². The van der Waals surface area contributed by atoms with E-state index in [1.54, 1.807) is 0 Å². The van der Waals surface area contributed by atoms with Crippen molar-refractivity contribution in [1.82, 2.24) is 9.78 Å². The van der Waals surface area contributed by atoms with E-state index in [0.29, 0.717) is 30.5 Å². The summed E-state index contributed by atoms with van der Waals surface area (Å²) < 4.78 is 1.54. The lowest BCUT2D eigenvalue weighted by Crippen LogP contribution is -2.30. The van der Waals surface area contributed by atoms with E-state index in [1.165, 1.54) is 17.5 Å². The van der Waals surface area contributed by atoms with E-state index in [2.05, 4.69) is 20.4 Å². The Kier molecular flexibility index (Phi) is 4.93. The zero-order chi connectivity index (χ0) is 19.0. The fraction of sp³-hybridized carbons (Fsp3) is 0.650. The third-order valence-electron chi connectivity index (χ3n) is 5.83. The van der Waals surface area contributed by atoms with Gasteiger partial charge in [0.15, 0.2) is 0 Å². The summed E-state index contributed by atoms with van der Waals surface area (Å²) in [6.07, 6.45) is 8.13. The van der Waals surface area contributed by atoms with Crippen LogP contribution in [0.15, 0.2) is 16.1 Å². The highest BCUT2D eigenvalue weighted by atomic mass is 16.2. The maximum atomic E-state index is 12.5. The minimum Gasteiger partial charge on any atom is -0.310 e. The van der Waals surface area contributed by atoms with Gasteiger partial charge in [0.2, 0.25) is 5.91 Å². The Morgan fingerprint density at radius 3 is 2.59 bits per heavy atom. The largest absolute Gasteiger partial charge is 0.310 e. The van der Waals surface area contributed by atoms with Gasteiger partial charge in [-0.05, 0) is 44.9 Å². The van der Waals surface area contributed by atoms with Crippen LogP contribution in [0.4, 0.5) is 5.82 Å². The molecular formula is C20H27N5O2. The number of anilines is 1. The maximum absolute atomic E-state index is 12.5. The molecule has 2 saturated carbocycles. The molecule has 2 amide bonds. The Morgan fingerprint density at radius 2 is 1.96 bits per heavy atom. The molecule has 0 saturated heterocycles. The van der Waals surface area contributed by atoms with Crippen molar-refractivity contribution in [1.29, 1.82) is 0 Å². The Balaban J connectivity index is 1.58. The van der Waals surface area contributed by atoms with Crippen LogP contribution < -0.4 is 5.32 Å². The minimum atomic E-state index is -0.257. The zero-order valence-corrected chi connectivity index (χ0v) is 16.1. The smallest absolute Gasteiger partial charge is 0.257 e. The van der Waals surface area contributed by atoms with Gasteiger partial charge in [-0.3, -0.25) is 9.59 Å². The van der Waals surface area contributed by atoms with Crippen LogP contribution in [0.3, 0.4) is 0 Å². The standard InChI is InChI=1S/C20H27N5O2/c1-3-15-12(2)21-20(23-19(15)27)25-17(11-16(24-25)14-8-9-14)22-18(26)10-13-6-4-5-7-13/h11,13-15H,3-10H2,1-2H3,(H,22,26). The number of nitrogens with zero attached hydrogens (tertiary/aromatic N) is 4. The Hall–Kier alpha value is -2.31. The van der Waals surface area contributed by atoms with Crippen LogP contribution in [0.1, 0.15) is 76.8 Å². The number of rotatable bonds is 5. The highest BCUT2D eigenvalue weighted by Gasteiger charge is 2.31. The van der Waals surface area contributed by atoms with Gasteiger partial charge in [0, 0.05) is 24.1 Å². The fourth-order valence-electron chi connectivity index (χ4n) is 4.07. The lowest BCUT2D eigenvalue weighted by atomic mass is 10.00. The van der Waals surface area contributed by atoms with Crippen LogP contribution in [-0.4, -0.2) is 33.3 Å². The molecule has 7 heteroatoms. The summed E-state index contributed by atoms with van der Waals surface area (Å²) >= 11 is 0. The zero-order valence-electron chi connectivity index (χ0n) is 16.1. The van der Waals surface area contributed by atoms with Gasteiger partial charge >= 0.3 is 0 Å². The van der Waals surface area contributed by atoms with Gasteiger partial charge in [-0.25, -0.2) is 4.99 Å². The van der Waals surface area contributed by atoms with E-state index < -0.39 is 0 Å². The Labute approximate surface area is 159 Å². The van der Waals surface area contributed by atoms with Gasteiger partial charge in [0.1, 0.15) is 5.82 Å². The first kappa shape index (κ1) is 18.1. The molecule has 4 rings (SSSR count). The van der Waals surface area contributed by atoms with E-state index in [0.717, 1.165) is 37.1 Å². The molecule has 3 aliphatic rings. The third-order valence-corrected chi connectivity index (χ3v) is 5.83. The molecule has 0 aromatic carbocycles. The number of hydrogen-bond acceptors (Lipinski definition) is 4. The van der Waals surface area contributed by atoms with Crippen molar-refractivity contribution in [3.63, 3.8) is 0 Å². The number of aliphatic imine (C=N–C) groups is 2. The van der Waals surface area contributed by atoms with E-state index in [9.17, 15) is 9.59 Å². The molecule has 1 N–H and O–H groups in total. The lowest BCUT2D eigenvalue weighted by molar-refractivity contribution is -0.120. The normalized spacial score (nSPS) is 23.3. The minimum absolute atomic E-state index is 0.000249. The molecular weight excluding hydrogens is 342 g/mol. The van der Waals surface area contributed by atoms with Crippen LogP contribution >= 0.6 is 0 Å². The predicted octanol–water partition coefficient (Wildman–Crippen LogP) is 3.51. The molecule has 1 aromatic rings. The summed E-state index contributed by atoms with van der Waals surface area (Å²) in [7, 11) is 0. The highest BCUT2D eigenvalue weighted by Crippen LogP contribution is 2.40. The van der Waals surface area contributed by atoms with Gasteiger partial charge in [0.25, 0.3) is 11.9 Å². The Bertz CT molecular complexity index is 812. The van der Waals surface area contributed by atoms with Crippen LogP contribution in [0.25, 0.3) is 0 Å². The topological polar surface area (TPSA) is 88.7 Å². The van der Waals surface area contributed by atoms with Gasteiger partial charge in [-0.2, -0.15) is 14.8 Å². The maximum Gasteiger partial charge on any atom is 0.257 e. The molecule has 7 nitrogen and oxygen atoms in total. The van der Waals surface area contributed by atoms with E-state index in [1.807, 2.05) is 19.9 Å². The number of hydrogen-bond donors (Lipinski definition) is 1. The van der Waals surface area contributed by atoms with Gasteiger partial charge in [-0.15, -0.1) is 0 Å². The molecule has 1 aromatic heterocycles. The van der Waals surface area contributed by atoms with Gasteiger partial charge in [-0.1, -0.05) is 19.8 Å². The van der Waals surface area contributed by atoms with Crippen molar-refractivity contribution in [2.24, 2.45) is 21.8 Å². The molecule has 0 radical (unpaired) electrons. The molecule has 1 unspecified atom stereocenters. The molecule has 2 fully saturated rings. The Morgan fingerprint density at radius 1 is 1.22 bits per heavy atom. The second-order valence-electron chi connectivity index (χ2n) is 8.01. The average Bonchev–Trinajstić information content (AvgIpc) is 3.19. The first-order valence-corrected chi connectivity index (χ1v) is 10.1. The van der Waals surface area contributed by atoms with Crippen molar-refractivity contribution < 1.29 is 9.59 Å². The van der Waals surface area contributed by atoms with Crippen LogP contribution in [0.5, 0.6) is 0 Å². The van der Waals surface area contributed by atoms with E-state index in [-0.39, 0.29) is 23.7 Å². The van der Waals surface area contributed by atoms with Gasteiger partial charge < -0.3 is 5.32 Å². The number of carbonyl (C=O) groups is 2. The van der Waals surface area contributed by atoms with Crippen LogP contribution in [0, 0.1) is 11.8 Å². The summed E-state index contributed by atoms with van der Waals surface area (Å²) in [5, 5.41) is 7.61. The molecule has 1 atom stereocenters. The number of aromatic nitrogens is 2. The molecule has 27 heavy (non-hydrogen) atoms. The van der Waals surface area contributed by atoms with Crippen LogP contribution in [-0.2, 0) is 9.59 Å². The quantitative estimate of drug-likeness (QED) is 0.861. The predicted molar refractivity (Wildman–Crippen MR) is 104 cm³/mol. The lowest BCUT2D eigenvalue weighted by Gasteiger charge is -2.17. The summed E-state index contributed by atoms with van der Waals surface area (Å²) in [6.45, 7) is 3.81. The van der Waals surface area contributed by atoms with Crippen molar-refractivity contribution >= 4 is 29.3 Å². The highest BCUT2D eigenvalue weighted by molar-refractivity contribution is 6.15. The van der Waals surface area contributed by atoms with Crippen molar-refractivity contribution in [3.05, 3.63) is 11.8 Å². The monoisotopic (exact) mass is 369 g/mol. The summed E-state index contributed by atoms with van der Waals surface area (Å²) in [6, 6.07) is 1.91. The van der Waals surface area contributed by atoms with E-state index >= 15 is 0 Å². The number of carbonyl (C=O) groups excluding carboxylic acids is 2. The molecule has 0 bridgehead atoms. The number of amides is 2. The molecule has 0 spiro atoms. The fourth-order valence-corrected chi connectivity index (χ4v) is 4.07. The van der Waals surface area contributed by atoms with Gasteiger partial charge in [0.05, 0.1) is 11.6 Å². The average molecular weight is 369 g/mol. The molecule has 144 valence electrons. The van der Waals surface area contributed by atoms with Crippen molar-refractivity contribution in [3.8, 4) is 0 Å². The number of nitrogens with one attached hydrogen (secondary N) is 1. The third kappa shape index (κ3) is 3.87. The summed E-state index contributed by atoms with van der Waals surface area (Å²) in [5.41, 5.74) is 1.69. The molecule has 1 aliphatic heterocycles. The summed E-state index contributed by atoms with van der Waals surface area (Å²) in [5.74, 6) is 1.29. The van der Waals surface area contributed by atoms with Crippen LogP contribution in [0.2, 0.25) is 0 Å². The summed E-state index contributed by atoms with van der Waals surface area (Å²) in [4.78, 5) is 33.5.